The zero-order valence-electron chi connectivity index (χ0n) is 10.1. The van der Waals surface area contributed by atoms with Gasteiger partial charge in [-0.15, -0.1) is 0 Å². The van der Waals surface area contributed by atoms with Crippen molar-refractivity contribution in [1.82, 2.24) is 10.3 Å². The molecule has 0 saturated carbocycles. The third kappa shape index (κ3) is 2.70. The normalized spacial score (nSPS) is 16.5. The Bertz CT molecular complexity index is 442. The van der Waals surface area contributed by atoms with Crippen LogP contribution in [0.3, 0.4) is 0 Å². The molecule has 1 aliphatic heterocycles. The number of hydrogen-bond acceptors (Lipinski definition) is 4. The third-order valence-corrected chi connectivity index (χ3v) is 3.12. The number of hydrazine groups is 1. The fourth-order valence-corrected chi connectivity index (χ4v) is 2.14. The number of likely N-dealkylation sites (tertiary alicyclic amines) is 1. The van der Waals surface area contributed by atoms with Crippen molar-refractivity contribution in [2.24, 2.45) is 5.84 Å². The molecular formula is C12H17N3O3. The van der Waals surface area contributed by atoms with Crippen LogP contribution in [0.15, 0.2) is 16.7 Å². The van der Waals surface area contributed by atoms with Gasteiger partial charge in [0.15, 0.2) is 5.76 Å². The van der Waals surface area contributed by atoms with Crippen LogP contribution in [0, 0.1) is 0 Å². The van der Waals surface area contributed by atoms with Crippen molar-refractivity contribution in [1.29, 1.82) is 0 Å². The molecule has 1 saturated heterocycles. The van der Waals surface area contributed by atoms with Gasteiger partial charge in [-0.25, -0.2) is 5.84 Å². The van der Waals surface area contributed by atoms with Crippen LogP contribution in [0.5, 0.6) is 0 Å². The maximum absolute atomic E-state index is 11.9. The van der Waals surface area contributed by atoms with Gasteiger partial charge in [0, 0.05) is 25.1 Å². The molecule has 1 aromatic heterocycles. The lowest BCUT2D eigenvalue weighted by molar-refractivity contribution is -0.131. The van der Waals surface area contributed by atoms with Gasteiger partial charge in [0.25, 0.3) is 0 Å². The molecule has 6 heteroatoms. The summed E-state index contributed by atoms with van der Waals surface area (Å²) in [6.07, 6.45) is 5.03. The van der Waals surface area contributed by atoms with Crippen LogP contribution in [0.4, 0.5) is 0 Å². The molecule has 3 N–H and O–H groups in total. The summed E-state index contributed by atoms with van der Waals surface area (Å²) in [4.78, 5) is 25.1. The molecule has 0 bridgehead atoms. The minimum absolute atomic E-state index is 0.132. The Morgan fingerprint density at radius 1 is 1.44 bits per heavy atom. The van der Waals surface area contributed by atoms with E-state index in [-0.39, 0.29) is 11.7 Å². The van der Waals surface area contributed by atoms with E-state index < -0.39 is 5.91 Å². The summed E-state index contributed by atoms with van der Waals surface area (Å²) in [6, 6.07) is 1.70. The predicted molar refractivity (Wildman–Crippen MR) is 64.2 cm³/mol. The minimum Gasteiger partial charge on any atom is -0.459 e. The number of nitrogens with zero attached hydrogens (tertiary/aromatic N) is 1. The Morgan fingerprint density at radius 2 is 2.28 bits per heavy atom. The highest BCUT2D eigenvalue weighted by molar-refractivity contribution is 5.92. The minimum atomic E-state index is -0.475. The van der Waals surface area contributed by atoms with Crippen LogP contribution in [0.2, 0.25) is 0 Å². The highest BCUT2D eigenvalue weighted by Crippen LogP contribution is 2.17. The Kier molecular flexibility index (Phi) is 3.99. The molecule has 0 aromatic carbocycles. The summed E-state index contributed by atoms with van der Waals surface area (Å²) >= 11 is 0. The lowest BCUT2D eigenvalue weighted by atomic mass is 10.2. The summed E-state index contributed by atoms with van der Waals surface area (Å²) in [5, 5.41) is 0. The lowest BCUT2D eigenvalue weighted by Crippen LogP contribution is -2.33. The van der Waals surface area contributed by atoms with E-state index in [1.165, 1.54) is 6.26 Å². The predicted octanol–water partition coefficient (Wildman–Crippen LogP) is 0.786. The van der Waals surface area contributed by atoms with E-state index in [2.05, 4.69) is 0 Å². The number of furan rings is 1. The summed E-state index contributed by atoms with van der Waals surface area (Å²) in [7, 11) is 0. The molecule has 98 valence electrons. The maximum atomic E-state index is 11.9. The van der Waals surface area contributed by atoms with E-state index in [0.717, 1.165) is 25.8 Å². The molecule has 0 radical (unpaired) electrons. The molecule has 1 fully saturated rings. The standard InChI is InChI=1S/C12H17N3O3/c13-14-12(17)11-9(5-7-18-11)8-15-6-3-1-2-4-10(15)16/h5,7H,1-4,6,8,13H2,(H,14,17). The number of hydrogen-bond donors (Lipinski definition) is 2. The van der Waals surface area contributed by atoms with Gasteiger partial charge in [0.05, 0.1) is 6.26 Å². The molecule has 0 aliphatic carbocycles. The van der Waals surface area contributed by atoms with Crippen LogP contribution in [0.25, 0.3) is 0 Å². The van der Waals surface area contributed by atoms with Gasteiger partial charge in [-0.2, -0.15) is 0 Å². The van der Waals surface area contributed by atoms with Gasteiger partial charge in [0.2, 0.25) is 5.91 Å². The fraction of sp³-hybridized carbons (Fsp3) is 0.500. The highest BCUT2D eigenvalue weighted by Gasteiger charge is 2.21. The third-order valence-electron chi connectivity index (χ3n) is 3.12. The monoisotopic (exact) mass is 251 g/mol. The molecule has 6 nitrogen and oxygen atoms in total. The van der Waals surface area contributed by atoms with Crippen molar-refractivity contribution in [3.05, 3.63) is 23.7 Å². The van der Waals surface area contributed by atoms with Crippen molar-refractivity contribution in [3.63, 3.8) is 0 Å². The summed E-state index contributed by atoms with van der Waals surface area (Å²) < 4.78 is 5.10. The largest absolute Gasteiger partial charge is 0.459 e. The van der Waals surface area contributed by atoms with E-state index in [9.17, 15) is 9.59 Å². The smallest absolute Gasteiger partial charge is 0.301 e. The molecule has 0 atom stereocenters. The van der Waals surface area contributed by atoms with Gasteiger partial charge >= 0.3 is 5.91 Å². The highest BCUT2D eigenvalue weighted by atomic mass is 16.3. The van der Waals surface area contributed by atoms with Gasteiger partial charge in [-0.05, 0) is 18.9 Å². The molecule has 2 rings (SSSR count). The van der Waals surface area contributed by atoms with Crippen LogP contribution in [0.1, 0.15) is 41.8 Å². The first kappa shape index (κ1) is 12.6. The van der Waals surface area contributed by atoms with Crippen LogP contribution in [-0.4, -0.2) is 23.3 Å². The van der Waals surface area contributed by atoms with E-state index in [4.69, 9.17) is 10.3 Å². The number of nitrogens with two attached hydrogens (primary N) is 1. The lowest BCUT2D eigenvalue weighted by Gasteiger charge is -2.20. The van der Waals surface area contributed by atoms with Crippen molar-refractivity contribution >= 4 is 11.8 Å². The molecule has 2 amide bonds. The Labute approximate surface area is 105 Å². The Hall–Kier alpha value is -1.82. The second-order valence-electron chi connectivity index (χ2n) is 4.37. The van der Waals surface area contributed by atoms with E-state index in [1.807, 2.05) is 5.43 Å². The Balaban J connectivity index is 2.10. The topological polar surface area (TPSA) is 88.6 Å². The fourth-order valence-electron chi connectivity index (χ4n) is 2.14. The first-order valence-electron chi connectivity index (χ1n) is 6.07. The molecule has 1 aromatic rings. The average Bonchev–Trinajstić information content (AvgIpc) is 2.74. The maximum Gasteiger partial charge on any atom is 0.301 e. The summed E-state index contributed by atoms with van der Waals surface area (Å²) in [6.45, 7) is 1.13. The first-order chi connectivity index (χ1) is 8.72. The molecule has 1 aliphatic rings. The van der Waals surface area contributed by atoms with Crippen molar-refractivity contribution < 1.29 is 14.0 Å². The van der Waals surface area contributed by atoms with Crippen molar-refractivity contribution in [3.8, 4) is 0 Å². The van der Waals surface area contributed by atoms with Crippen LogP contribution in [-0.2, 0) is 11.3 Å². The number of nitrogen functional groups attached to an aromatic ring is 1. The number of nitrogens with one attached hydrogen (secondary N) is 1. The van der Waals surface area contributed by atoms with Gasteiger partial charge in [-0.1, -0.05) is 6.42 Å². The van der Waals surface area contributed by atoms with Gasteiger partial charge < -0.3 is 9.32 Å². The number of amides is 2. The molecular weight excluding hydrogens is 234 g/mol. The SMILES string of the molecule is NNC(=O)c1occc1CN1CCCCCC1=O. The summed E-state index contributed by atoms with van der Waals surface area (Å²) in [5.74, 6) is 4.91. The number of rotatable bonds is 3. The molecule has 0 unspecified atom stereocenters. The molecule has 18 heavy (non-hydrogen) atoms. The average molecular weight is 251 g/mol. The van der Waals surface area contributed by atoms with E-state index >= 15 is 0 Å². The second-order valence-corrected chi connectivity index (χ2v) is 4.37. The second kappa shape index (κ2) is 5.68. The molecule has 2 heterocycles. The van der Waals surface area contributed by atoms with Crippen LogP contribution >= 0.6 is 0 Å². The first-order valence-corrected chi connectivity index (χ1v) is 6.07. The molecule has 0 spiro atoms. The number of carbonyl (C=O) groups excluding carboxylic acids is 2. The van der Waals surface area contributed by atoms with Crippen LogP contribution < -0.4 is 11.3 Å². The zero-order chi connectivity index (χ0) is 13.0. The van der Waals surface area contributed by atoms with Crippen molar-refractivity contribution in [2.45, 2.75) is 32.2 Å². The Morgan fingerprint density at radius 3 is 3.06 bits per heavy atom. The van der Waals surface area contributed by atoms with Crippen molar-refractivity contribution in [2.75, 3.05) is 6.54 Å². The van der Waals surface area contributed by atoms with E-state index in [1.54, 1.807) is 11.0 Å². The summed E-state index contributed by atoms with van der Waals surface area (Å²) in [5.41, 5.74) is 2.72. The van der Waals surface area contributed by atoms with Gasteiger partial charge in [0.1, 0.15) is 0 Å². The number of carbonyl (C=O) groups is 2. The quantitative estimate of drug-likeness (QED) is 0.472. The zero-order valence-corrected chi connectivity index (χ0v) is 10.1. The van der Waals surface area contributed by atoms with Gasteiger partial charge in [-0.3, -0.25) is 15.0 Å². The van der Waals surface area contributed by atoms with E-state index in [0.29, 0.717) is 18.5 Å².